The van der Waals surface area contributed by atoms with Gasteiger partial charge in [-0.15, -0.1) is 11.8 Å². The summed E-state index contributed by atoms with van der Waals surface area (Å²) in [5.74, 6) is 0.0717. The lowest BCUT2D eigenvalue weighted by molar-refractivity contribution is -0.113. The van der Waals surface area contributed by atoms with Gasteiger partial charge in [-0.3, -0.25) is 9.59 Å². The summed E-state index contributed by atoms with van der Waals surface area (Å²) < 4.78 is 0. The van der Waals surface area contributed by atoms with Crippen molar-refractivity contribution in [2.45, 2.75) is 30.7 Å². The standard InChI is InChI=1S/C21H25N3O2S/c1-15-8-10-16(11-9-15)24-20(25)14-27-19-7-3-2-6-18(19)21(26)23-13-17-5-4-12-22-17/h2-3,6-11,17,22H,4-5,12-14H2,1H3,(H,23,26)(H,24,25). The molecule has 2 aromatic rings. The minimum absolute atomic E-state index is 0.0887. The molecular weight excluding hydrogens is 358 g/mol. The van der Waals surface area contributed by atoms with E-state index in [1.54, 1.807) is 6.07 Å². The molecule has 2 amide bonds. The zero-order valence-electron chi connectivity index (χ0n) is 15.5. The van der Waals surface area contributed by atoms with E-state index >= 15 is 0 Å². The van der Waals surface area contributed by atoms with E-state index < -0.39 is 0 Å². The number of amides is 2. The largest absolute Gasteiger partial charge is 0.350 e. The summed E-state index contributed by atoms with van der Waals surface area (Å²) in [6.07, 6.45) is 2.25. The molecule has 0 radical (unpaired) electrons. The van der Waals surface area contributed by atoms with Crippen molar-refractivity contribution in [2.75, 3.05) is 24.2 Å². The maximum Gasteiger partial charge on any atom is 0.252 e. The molecule has 27 heavy (non-hydrogen) atoms. The van der Waals surface area contributed by atoms with Crippen molar-refractivity contribution in [2.24, 2.45) is 0 Å². The molecule has 3 N–H and O–H groups in total. The molecule has 0 spiro atoms. The van der Waals surface area contributed by atoms with Gasteiger partial charge in [0, 0.05) is 23.2 Å². The van der Waals surface area contributed by atoms with Crippen LogP contribution in [0.4, 0.5) is 5.69 Å². The number of rotatable bonds is 7. The lowest BCUT2D eigenvalue weighted by atomic mass is 10.2. The Bertz CT molecular complexity index is 786. The molecular formula is C21H25N3O2S. The lowest BCUT2D eigenvalue weighted by Gasteiger charge is -2.13. The van der Waals surface area contributed by atoms with E-state index in [1.807, 2.05) is 49.4 Å². The molecule has 1 aliphatic rings. The van der Waals surface area contributed by atoms with Crippen LogP contribution >= 0.6 is 11.8 Å². The lowest BCUT2D eigenvalue weighted by Crippen LogP contribution is -2.37. The maximum absolute atomic E-state index is 12.5. The zero-order valence-corrected chi connectivity index (χ0v) is 16.3. The Morgan fingerprint density at radius 3 is 2.67 bits per heavy atom. The van der Waals surface area contributed by atoms with Crippen LogP contribution in [-0.4, -0.2) is 36.7 Å². The number of benzene rings is 2. The van der Waals surface area contributed by atoms with Gasteiger partial charge in [-0.2, -0.15) is 0 Å². The number of carbonyl (C=O) groups excluding carboxylic acids is 2. The van der Waals surface area contributed by atoms with E-state index in [4.69, 9.17) is 0 Å². The molecule has 0 aromatic heterocycles. The molecule has 6 heteroatoms. The van der Waals surface area contributed by atoms with Gasteiger partial charge in [-0.1, -0.05) is 29.8 Å². The van der Waals surface area contributed by atoms with Crippen molar-refractivity contribution >= 4 is 29.3 Å². The molecule has 1 saturated heterocycles. The number of thioether (sulfide) groups is 1. The fourth-order valence-corrected chi connectivity index (χ4v) is 3.85. The summed E-state index contributed by atoms with van der Waals surface area (Å²) >= 11 is 1.38. The number of carbonyl (C=O) groups is 2. The first-order chi connectivity index (χ1) is 13.1. The van der Waals surface area contributed by atoms with Crippen LogP contribution in [-0.2, 0) is 4.79 Å². The molecule has 142 valence electrons. The highest BCUT2D eigenvalue weighted by Crippen LogP contribution is 2.23. The monoisotopic (exact) mass is 383 g/mol. The smallest absolute Gasteiger partial charge is 0.252 e. The van der Waals surface area contributed by atoms with Crippen LogP contribution in [0.25, 0.3) is 0 Å². The van der Waals surface area contributed by atoms with E-state index in [1.165, 1.54) is 11.8 Å². The number of hydrogen-bond acceptors (Lipinski definition) is 4. The van der Waals surface area contributed by atoms with Crippen LogP contribution in [0.15, 0.2) is 53.4 Å². The second kappa shape index (κ2) is 9.58. The molecule has 0 bridgehead atoms. The van der Waals surface area contributed by atoms with Gasteiger partial charge < -0.3 is 16.0 Å². The van der Waals surface area contributed by atoms with Gasteiger partial charge in [0.2, 0.25) is 5.91 Å². The molecule has 0 aliphatic carbocycles. The number of nitrogens with one attached hydrogen (secondary N) is 3. The fraction of sp³-hybridized carbons (Fsp3) is 0.333. The van der Waals surface area contributed by atoms with Gasteiger partial charge in [0.15, 0.2) is 0 Å². The van der Waals surface area contributed by atoms with Crippen molar-refractivity contribution < 1.29 is 9.59 Å². The average Bonchev–Trinajstić information content (AvgIpc) is 3.20. The molecule has 2 aromatic carbocycles. The Kier molecular flexibility index (Phi) is 6.90. The normalized spacial score (nSPS) is 16.1. The highest BCUT2D eigenvalue weighted by atomic mass is 32.2. The quantitative estimate of drug-likeness (QED) is 0.642. The number of hydrogen-bond donors (Lipinski definition) is 3. The van der Waals surface area contributed by atoms with E-state index in [2.05, 4.69) is 16.0 Å². The Morgan fingerprint density at radius 2 is 1.93 bits per heavy atom. The minimum atomic E-state index is -0.0919. The van der Waals surface area contributed by atoms with Crippen LogP contribution in [0.1, 0.15) is 28.8 Å². The van der Waals surface area contributed by atoms with Crippen LogP contribution in [0.3, 0.4) is 0 Å². The Labute approximate surface area is 164 Å². The van der Waals surface area contributed by atoms with Gasteiger partial charge in [0.25, 0.3) is 5.91 Å². The zero-order chi connectivity index (χ0) is 19.1. The summed E-state index contributed by atoms with van der Waals surface area (Å²) in [7, 11) is 0. The van der Waals surface area contributed by atoms with Crippen LogP contribution < -0.4 is 16.0 Å². The second-order valence-corrected chi connectivity index (χ2v) is 7.72. The Hall–Kier alpha value is -2.31. The van der Waals surface area contributed by atoms with Gasteiger partial charge in [-0.25, -0.2) is 0 Å². The summed E-state index contributed by atoms with van der Waals surface area (Å²) in [5.41, 5.74) is 2.54. The highest BCUT2D eigenvalue weighted by Gasteiger charge is 2.17. The second-order valence-electron chi connectivity index (χ2n) is 6.70. The first kappa shape index (κ1) is 19.5. The Balaban J connectivity index is 1.54. The minimum Gasteiger partial charge on any atom is -0.350 e. The first-order valence-corrected chi connectivity index (χ1v) is 10.2. The molecule has 1 unspecified atom stereocenters. The first-order valence-electron chi connectivity index (χ1n) is 9.22. The molecule has 1 aliphatic heterocycles. The van der Waals surface area contributed by atoms with E-state index in [9.17, 15) is 9.59 Å². The SMILES string of the molecule is Cc1ccc(NC(=O)CSc2ccccc2C(=O)NCC2CCCN2)cc1. The summed E-state index contributed by atoms with van der Waals surface area (Å²) in [5, 5.41) is 9.25. The fourth-order valence-electron chi connectivity index (χ4n) is 3.00. The predicted molar refractivity (Wildman–Crippen MR) is 110 cm³/mol. The molecule has 1 fully saturated rings. The average molecular weight is 384 g/mol. The van der Waals surface area contributed by atoms with Gasteiger partial charge >= 0.3 is 0 Å². The molecule has 5 nitrogen and oxygen atoms in total. The number of anilines is 1. The van der Waals surface area contributed by atoms with E-state index in [-0.39, 0.29) is 17.6 Å². The molecule has 3 rings (SSSR count). The summed E-state index contributed by atoms with van der Waals surface area (Å²) in [6, 6.07) is 15.5. The van der Waals surface area contributed by atoms with Crippen LogP contribution in [0, 0.1) is 6.92 Å². The van der Waals surface area contributed by atoms with Gasteiger partial charge in [0.1, 0.15) is 0 Å². The predicted octanol–water partition coefficient (Wildman–Crippen LogP) is 3.21. The highest BCUT2D eigenvalue weighted by molar-refractivity contribution is 8.00. The van der Waals surface area contributed by atoms with Crippen molar-refractivity contribution in [3.63, 3.8) is 0 Å². The van der Waals surface area contributed by atoms with Crippen molar-refractivity contribution in [3.8, 4) is 0 Å². The Morgan fingerprint density at radius 1 is 1.15 bits per heavy atom. The molecule has 1 atom stereocenters. The van der Waals surface area contributed by atoms with Crippen molar-refractivity contribution in [1.29, 1.82) is 0 Å². The van der Waals surface area contributed by atoms with E-state index in [0.29, 0.717) is 18.2 Å². The molecule has 0 saturated carbocycles. The number of aryl methyl sites for hydroxylation is 1. The van der Waals surface area contributed by atoms with Crippen molar-refractivity contribution in [3.05, 3.63) is 59.7 Å². The van der Waals surface area contributed by atoms with Gasteiger partial charge in [-0.05, 0) is 50.6 Å². The van der Waals surface area contributed by atoms with E-state index in [0.717, 1.165) is 35.5 Å². The summed E-state index contributed by atoms with van der Waals surface area (Å²) in [6.45, 7) is 3.65. The third-order valence-corrected chi connectivity index (χ3v) is 5.57. The topological polar surface area (TPSA) is 70.2 Å². The third-order valence-electron chi connectivity index (χ3n) is 4.50. The molecule has 1 heterocycles. The summed E-state index contributed by atoms with van der Waals surface area (Å²) in [4.78, 5) is 25.6. The van der Waals surface area contributed by atoms with Crippen LogP contribution in [0.5, 0.6) is 0 Å². The maximum atomic E-state index is 12.5. The van der Waals surface area contributed by atoms with Crippen LogP contribution in [0.2, 0.25) is 0 Å². The van der Waals surface area contributed by atoms with Crippen molar-refractivity contribution in [1.82, 2.24) is 10.6 Å². The van der Waals surface area contributed by atoms with Gasteiger partial charge in [0.05, 0.1) is 11.3 Å². The third kappa shape index (κ3) is 5.84.